The minimum atomic E-state index is -0.763. The monoisotopic (exact) mass is 457 g/mol. The van der Waals surface area contributed by atoms with E-state index in [0.717, 1.165) is 17.5 Å². The molecule has 0 bridgehead atoms. The molecular weight excluding hydrogens is 429 g/mol. The molecule has 1 aliphatic heterocycles. The van der Waals surface area contributed by atoms with Crippen LogP contribution in [0.2, 0.25) is 0 Å². The van der Waals surface area contributed by atoms with Crippen LogP contribution >= 0.6 is 0 Å². The molecule has 5 nitrogen and oxygen atoms in total. The van der Waals surface area contributed by atoms with Crippen LogP contribution in [0.5, 0.6) is 0 Å². The molecule has 174 valence electrons. The lowest BCUT2D eigenvalue weighted by atomic mass is 9.89. The van der Waals surface area contributed by atoms with Crippen molar-refractivity contribution in [2.24, 2.45) is 0 Å². The van der Waals surface area contributed by atoms with Gasteiger partial charge in [-0.05, 0) is 54.5 Å². The van der Waals surface area contributed by atoms with Crippen molar-refractivity contribution in [3.8, 4) is 6.07 Å². The number of carbonyl (C=O) groups is 1. The van der Waals surface area contributed by atoms with Crippen molar-refractivity contribution in [3.63, 3.8) is 0 Å². The van der Waals surface area contributed by atoms with Crippen LogP contribution in [0.3, 0.4) is 0 Å². The Morgan fingerprint density at radius 1 is 0.912 bits per heavy atom. The zero-order valence-corrected chi connectivity index (χ0v) is 18.9. The van der Waals surface area contributed by atoms with Crippen LogP contribution in [-0.4, -0.2) is 34.2 Å². The SMILES string of the molecule is N#Cc1cc(CN2C(=O)N[C@H](CCc3ccccc3)[C@@H](O)[C@H]2CCc2ccccc2)ccc1F. The van der Waals surface area contributed by atoms with Crippen molar-refractivity contribution in [1.82, 2.24) is 10.2 Å². The minimum Gasteiger partial charge on any atom is -0.389 e. The number of aliphatic hydroxyl groups is 1. The maximum atomic E-state index is 13.8. The molecule has 0 radical (unpaired) electrons. The van der Waals surface area contributed by atoms with E-state index in [1.807, 2.05) is 66.7 Å². The van der Waals surface area contributed by atoms with E-state index in [2.05, 4.69) is 5.32 Å². The van der Waals surface area contributed by atoms with E-state index in [1.165, 1.54) is 12.1 Å². The van der Waals surface area contributed by atoms with E-state index in [4.69, 9.17) is 5.26 Å². The average molecular weight is 458 g/mol. The fourth-order valence-corrected chi connectivity index (χ4v) is 4.57. The first-order chi connectivity index (χ1) is 16.5. The number of benzene rings is 3. The molecule has 1 fully saturated rings. The smallest absolute Gasteiger partial charge is 0.318 e. The lowest BCUT2D eigenvalue weighted by Gasteiger charge is -2.44. The van der Waals surface area contributed by atoms with Crippen LogP contribution in [0.25, 0.3) is 0 Å². The summed E-state index contributed by atoms with van der Waals surface area (Å²) in [5.41, 5.74) is 2.88. The summed E-state index contributed by atoms with van der Waals surface area (Å²) in [5.74, 6) is -0.587. The molecule has 0 aliphatic carbocycles. The molecule has 3 atom stereocenters. The summed E-state index contributed by atoms with van der Waals surface area (Å²) in [5, 5.41) is 23.5. The number of halogens is 1. The molecule has 1 saturated heterocycles. The van der Waals surface area contributed by atoms with Gasteiger partial charge in [-0.15, -0.1) is 0 Å². The topological polar surface area (TPSA) is 76.4 Å². The van der Waals surface area contributed by atoms with Crippen LogP contribution in [0.4, 0.5) is 9.18 Å². The molecule has 0 aromatic heterocycles. The Labute approximate surface area is 199 Å². The number of hydrogen-bond donors (Lipinski definition) is 2. The number of urea groups is 1. The first-order valence-corrected chi connectivity index (χ1v) is 11.6. The zero-order valence-electron chi connectivity index (χ0n) is 18.9. The van der Waals surface area contributed by atoms with Gasteiger partial charge in [-0.3, -0.25) is 0 Å². The van der Waals surface area contributed by atoms with E-state index in [9.17, 15) is 14.3 Å². The minimum absolute atomic E-state index is 0.0583. The summed E-state index contributed by atoms with van der Waals surface area (Å²) in [7, 11) is 0. The average Bonchev–Trinajstić information content (AvgIpc) is 2.87. The van der Waals surface area contributed by atoms with Gasteiger partial charge in [0.25, 0.3) is 0 Å². The van der Waals surface area contributed by atoms with Crippen LogP contribution in [0.15, 0.2) is 78.9 Å². The van der Waals surface area contributed by atoms with Gasteiger partial charge in [0.1, 0.15) is 11.9 Å². The van der Waals surface area contributed by atoms with Gasteiger partial charge in [-0.2, -0.15) is 5.26 Å². The number of amides is 2. The van der Waals surface area contributed by atoms with Crippen molar-refractivity contribution in [1.29, 1.82) is 5.26 Å². The Kier molecular flexibility index (Phi) is 7.56. The number of aryl methyl sites for hydroxylation is 2. The Hall–Kier alpha value is -3.69. The van der Waals surface area contributed by atoms with Crippen LogP contribution < -0.4 is 5.32 Å². The van der Waals surface area contributed by atoms with Crippen LogP contribution in [0.1, 0.15) is 35.1 Å². The molecular formula is C28H28FN3O2. The second-order valence-electron chi connectivity index (χ2n) is 8.72. The fourth-order valence-electron chi connectivity index (χ4n) is 4.57. The Bertz CT molecular complexity index is 1150. The number of hydrogen-bond acceptors (Lipinski definition) is 3. The van der Waals surface area contributed by atoms with E-state index in [-0.39, 0.29) is 24.2 Å². The maximum Gasteiger partial charge on any atom is 0.318 e. The molecule has 34 heavy (non-hydrogen) atoms. The van der Waals surface area contributed by atoms with Crippen LogP contribution in [0, 0.1) is 17.1 Å². The Balaban J connectivity index is 1.53. The number of nitrogens with one attached hydrogen (secondary N) is 1. The molecule has 4 rings (SSSR count). The number of nitriles is 1. The Morgan fingerprint density at radius 2 is 1.53 bits per heavy atom. The lowest BCUT2D eigenvalue weighted by Crippen LogP contribution is -2.64. The number of nitrogens with zero attached hydrogens (tertiary/aromatic N) is 2. The van der Waals surface area contributed by atoms with E-state index in [1.54, 1.807) is 11.0 Å². The van der Waals surface area contributed by atoms with Crippen molar-refractivity contribution >= 4 is 6.03 Å². The second kappa shape index (κ2) is 11.0. The quantitative estimate of drug-likeness (QED) is 0.520. The lowest BCUT2D eigenvalue weighted by molar-refractivity contribution is 0.00658. The molecule has 1 heterocycles. The van der Waals surface area contributed by atoms with Crippen LogP contribution in [-0.2, 0) is 19.4 Å². The summed E-state index contributed by atoms with van der Waals surface area (Å²) in [6.45, 7) is 0.183. The summed E-state index contributed by atoms with van der Waals surface area (Å²) in [4.78, 5) is 14.8. The molecule has 0 unspecified atom stereocenters. The molecule has 3 aromatic rings. The van der Waals surface area contributed by atoms with Gasteiger partial charge in [0.15, 0.2) is 0 Å². The predicted octanol–water partition coefficient (Wildman–Crippen LogP) is 4.59. The Morgan fingerprint density at radius 3 is 2.15 bits per heavy atom. The molecule has 0 saturated carbocycles. The fraction of sp³-hybridized carbons (Fsp3) is 0.286. The maximum absolute atomic E-state index is 13.8. The highest BCUT2D eigenvalue weighted by Crippen LogP contribution is 2.25. The normalized spacial score (nSPS) is 20.0. The molecule has 1 aliphatic rings. The third-order valence-electron chi connectivity index (χ3n) is 6.44. The van der Waals surface area contributed by atoms with Gasteiger partial charge in [0.05, 0.1) is 23.8 Å². The number of rotatable bonds is 8. The van der Waals surface area contributed by atoms with Crippen molar-refractivity contribution in [3.05, 3.63) is 107 Å². The van der Waals surface area contributed by atoms with Gasteiger partial charge in [0.2, 0.25) is 0 Å². The molecule has 2 amide bonds. The van der Waals surface area contributed by atoms with Crippen molar-refractivity contribution < 1.29 is 14.3 Å². The highest BCUT2D eigenvalue weighted by Gasteiger charge is 2.40. The first-order valence-electron chi connectivity index (χ1n) is 11.6. The number of aliphatic hydroxyl groups excluding tert-OH is 1. The largest absolute Gasteiger partial charge is 0.389 e. The standard InChI is InChI=1S/C28H28FN3O2/c29-24-14-11-22(17-23(24)18-30)19-32-26(16-13-21-9-5-2-6-10-21)27(33)25(31-28(32)34)15-12-20-7-3-1-4-8-20/h1-11,14,17,25-27,33H,12-13,15-16,19H2,(H,31,34)/t25-,26-,27-/m1/s1. The van der Waals surface area contributed by atoms with E-state index < -0.39 is 18.0 Å². The van der Waals surface area contributed by atoms with E-state index in [0.29, 0.717) is 24.8 Å². The summed E-state index contributed by atoms with van der Waals surface area (Å²) < 4.78 is 13.8. The summed E-state index contributed by atoms with van der Waals surface area (Å²) >= 11 is 0. The summed E-state index contributed by atoms with van der Waals surface area (Å²) in [6, 6.07) is 25.1. The highest BCUT2D eigenvalue weighted by atomic mass is 19.1. The van der Waals surface area contributed by atoms with Gasteiger partial charge < -0.3 is 15.3 Å². The third-order valence-corrected chi connectivity index (χ3v) is 6.44. The van der Waals surface area contributed by atoms with Gasteiger partial charge in [0, 0.05) is 6.54 Å². The third kappa shape index (κ3) is 5.62. The summed E-state index contributed by atoms with van der Waals surface area (Å²) in [6.07, 6.45) is 1.91. The molecule has 0 spiro atoms. The predicted molar refractivity (Wildman–Crippen MR) is 128 cm³/mol. The van der Waals surface area contributed by atoms with Gasteiger partial charge >= 0.3 is 6.03 Å². The molecule has 3 aromatic carbocycles. The van der Waals surface area contributed by atoms with Crippen molar-refractivity contribution in [2.75, 3.05) is 0 Å². The molecule has 6 heteroatoms. The molecule has 2 N–H and O–H groups in total. The van der Waals surface area contributed by atoms with Crippen molar-refractivity contribution in [2.45, 2.75) is 50.4 Å². The first kappa shape index (κ1) is 23.5. The van der Waals surface area contributed by atoms with E-state index >= 15 is 0 Å². The number of carbonyl (C=O) groups excluding carboxylic acids is 1. The highest BCUT2D eigenvalue weighted by molar-refractivity contribution is 5.76. The second-order valence-corrected chi connectivity index (χ2v) is 8.72. The zero-order chi connectivity index (χ0) is 23.9. The van der Waals surface area contributed by atoms with Gasteiger partial charge in [-0.25, -0.2) is 9.18 Å². The van der Waals surface area contributed by atoms with Gasteiger partial charge in [-0.1, -0.05) is 66.7 Å².